The Morgan fingerprint density at radius 2 is 1.73 bits per heavy atom. The molecule has 2 aromatic heterocycles. The van der Waals surface area contributed by atoms with Gasteiger partial charge in [-0.25, -0.2) is 4.39 Å². The summed E-state index contributed by atoms with van der Waals surface area (Å²) in [6, 6.07) is 22.4. The lowest BCUT2D eigenvalue weighted by molar-refractivity contribution is 0.565. The maximum Gasteiger partial charge on any atom is 0.174 e. The zero-order chi connectivity index (χ0) is 23.1. The lowest BCUT2D eigenvalue weighted by Crippen LogP contribution is -2.29. The van der Waals surface area contributed by atoms with Crippen LogP contribution in [0.3, 0.4) is 0 Å². The van der Waals surface area contributed by atoms with Crippen molar-refractivity contribution in [3.05, 3.63) is 112 Å². The quantitative estimate of drug-likeness (QED) is 0.308. The molecule has 166 valence electrons. The van der Waals surface area contributed by atoms with Gasteiger partial charge < -0.3 is 14.8 Å². The Bertz CT molecular complexity index is 1320. The Labute approximate surface area is 206 Å². The summed E-state index contributed by atoms with van der Waals surface area (Å²) >= 11 is 9.48. The van der Waals surface area contributed by atoms with Gasteiger partial charge >= 0.3 is 0 Å². The highest BCUT2D eigenvalue weighted by atomic mass is 79.9. The van der Waals surface area contributed by atoms with E-state index in [0.29, 0.717) is 5.11 Å². The summed E-state index contributed by atoms with van der Waals surface area (Å²) in [6.07, 6.45) is 1.79. The summed E-state index contributed by atoms with van der Waals surface area (Å²) in [5.41, 5.74) is 6.18. The summed E-state index contributed by atoms with van der Waals surface area (Å²) in [7, 11) is 0. The zero-order valence-electron chi connectivity index (χ0n) is 18.2. The Balaban J connectivity index is 1.69. The van der Waals surface area contributed by atoms with Crippen LogP contribution in [0.4, 0.5) is 10.1 Å². The van der Waals surface area contributed by atoms with E-state index < -0.39 is 0 Å². The molecule has 3 heterocycles. The average molecular weight is 521 g/mol. The van der Waals surface area contributed by atoms with E-state index >= 15 is 0 Å². The van der Waals surface area contributed by atoms with Crippen molar-refractivity contribution in [2.75, 3.05) is 4.90 Å². The minimum absolute atomic E-state index is 0.153. The van der Waals surface area contributed by atoms with Gasteiger partial charge in [-0.05, 0) is 102 Å². The van der Waals surface area contributed by atoms with E-state index in [4.69, 9.17) is 12.2 Å². The first-order valence-corrected chi connectivity index (χ1v) is 11.9. The van der Waals surface area contributed by atoms with E-state index in [1.807, 2.05) is 36.4 Å². The molecule has 0 saturated carbocycles. The number of aryl methyl sites for hydroxylation is 1. The number of nitrogens with zero attached hydrogens (tertiary/aromatic N) is 3. The number of halogens is 2. The van der Waals surface area contributed by atoms with Crippen LogP contribution < -0.4 is 10.2 Å². The molecular formula is C26H22BrFN4S. The Morgan fingerprint density at radius 3 is 2.42 bits per heavy atom. The highest BCUT2D eigenvalue weighted by molar-refractivity contribution is 9.10. The summed E-state index contributed by atoms with van der Waals surface area (Å²) in [5.74, 6) is -0.276. The van der Waals surface area contributed by atoms with Crippen molar-refractivity contribution in [3.63, 3.8) is 0 Å². The van der Waals surface area contributed by atoms with Crippen LogP contribution in [0.25, 0.3) is 5.69 Å². The summed E-state index contributed by atoms with van der Waals surface area (Å²) in [5, 5.41) is 4.06. The van der Waals surface area contributed by atoms with Crippen molar-refractivity contribution in [2.24, 2.45) is 0 Å². The molecule has 1 fully saturated rings. The normalized spacial score (nSPS) is 17.9. The molecule has 0 aliphatic carbocycles. The van der Waals surface area contributed by atoms with E-state index in [0.717, 1.165) is 38.5 Å². The second-order valence-corrected chi connectivity index (χ2v) is 9.33. The van der Waals surface area contributed by atoms with Gasteiger partial charge in [-0.3, -0.25) is 4.98 Å². The maximum absolute atomic E-state index is 13.7. The van der Waals surface area contributed by atoms with Gasteiger partial charge in [0.05, 0.1) is 23.5 Å². The van der Waals surface area contributed by atoms with E-state index in [2.05, 4.69) is 61.7 Å². The molecule has 5 rings (SSSR count). The van der Waals surface area contributed by atoms with Gasteiger partial charge in [0.15, 0.2) is 5.11 Å². The fraction of sp³-hybridized carbons (Fsp3) is 0.154. The predicted molar refractivity (Wildman–Crippen MR) is 137 cm³/mol. The molecule has 4 nitrogen and oxygen atoms in total. The number of anilines is 1. The molecule has 0 radical (unpaired) electrons. The number of thiocarbonyl (C=S) groups is 1. The molecule has 0 amide bonds. The number of rotatable bonds is 4. The molecule has 1 saturated heterocycles. The number of hydrogen-bond donors (Lipinski definition) is 1. The van der Waals surface area contributed by atoms with Gasteiger partial charge in [-0.2, -0.15) is 0 Å². The summed E-state index contributed by atoms with van der Waals surface area (Å²) in [4.78, 5) is 6.69. The van der Waals surface area contributed by atoms with Crippen LogP contribution in [0.1, 0.15) is 34.7 Å². The summed E-state index contributed by atoms with van der Waals surface area (Å²) in [6.45, 7) is 4.23. The van der Waals surface area contributed by atoms with Crippen LogP contribution in [0.15, 0.2) is 83.5 Å². The van der Waals surface area contributed by atoms with Gasteiger partial charge in [-0.1, -0.05) is 18.2 Å². The highest BCUT2D eigenvalue weighted by Gasteiger charge is 2.42. The van der Waals surface area contributed by atoms with Crippen molar-refractivity contribution < 1.29 is 4.39 Å². The fourth-order valence-corrected chi connectivity index (χ4v) is 5.45. The third-order valence-corrected chi connectivity index (χ3v) is 7.07. The number of nitrogens with one attached hydrogen (secondary N) is 1. The van der Waals surface area contributed by atoms with Crippen molar-refractivity contribution in [1.29, 1.82) is 0 Å². The maximum atomic E-state index is 13.7. The van der Waals surface area contributed by atoms with Crippen LogP contribution in [0, 0.1) is 19.7 Å². The number of hydrogen-bond acceptors (Lipinski definition) is 2. The lowest BCUT2D eigenvalue weighted by atomic mass is 9.96. The molecule has 1 aliphatic rings. The fourth-order valence-electron chi connectivity index (χ4n) is 4.64. The molecule has 1 N–H and O–H groups in total. The summed E-state index contributed by atoms with van der Waals surface area (Å²) < 4.78 is 17.0. The van der Waals surface area contributed by atoms with Crippen LogP contribution in [0.5, 0.6) is 0 Å². The molecule has 7 heteroatoms. The number of para-hydroxylation sites is 1. The molecule has 33 heavy (non-hydrogen) atoms. The lowest BCUT2D eigenvalue weighted by Gasteiger charge is -2.28. The molecule has 4 aromatic rings. The largest absolute Gasteiger partial charge is 0.351 e. The molecule has 1 aliphatic heterocycles. The molecule has 0 bridgehead atoms. The minimum atomic E-state index is -0.276. The number of pyridine rings is 1. The van der Waals surface area contributed by atoms with Crippen LogP contribution in [-0.4, -0.2) is 14.7 Å². The molecule has 2 atom stereocenters. The Hall–Kier alpha value is -3.03. The van der Waals surface area contributed by atoms with Gasteiger partial charge in [0, 0.05) is 27.7 Å². The first-order valence-electron chi connectivity index (χ1n) is 10.7. The Morgan fingerprint density at radius 1 is 1.00 bits per heavy atom. The average Bonchev–Trinajstić information content (AvgIpc) is 3.31. The third kappa shape index (κ3) is 3.85. The smallest absolute Gasteiger partial charge is 0.174 e. The van der Waals surface area contributed by atoms with E-state index in [9.17, 15) is 4.39 Å². The molecule has 2 aromatic carbocycles. The van der Waals surface area contributed by atoms with Gasteiger partial charge in [0.2, 0.25) is 0 Å². The topological polar surface area (TPSA) is 33.1 Å². The second kappa shape index (κ2) is 8.72. The highest BCUT2D eigenvalue weighted by Crippen LogP contribution is 2.44. The van der Waals surface area contributed by atoms with Gasteiger partial charge in [-0.15, -0.1) is 0 Å². The first kappa shape index (κ1) is 21.8. The second-order valence-electron chi connectivity index (χ2n) is 8.09. The van der Waals surface area contributed by atoms with Gasteiger partial charge in [0.1, 0.15) is 5.82 Å². The van der Waals surface area contributed by atoms with Crippen molar-refractivity contribution in [1.82, 2.24) is 14.9 Å². The van der Waals surface area contributed by atoms with Gasteiger partial charge in [0.25, 0.3) is 0 Å². The van der Waals surface area contributed by atoms with Crippen LogP contribution >= 0.6 is 28.1 Å². The molecular weight excluding hydrogens is 499 g/mol. The number of aromatic nitrogens is 2. The van der Waals surface area contributed by atoms with Crippen LogP contribution in [-0.2, 0) is 0 Å². The zero-order valence-corrected chi connectivity index (χ0v) is 20.6. The third-order valence-electron chi connectivity index (χ3n) is 6.09. The van der Waals surface area contributed by atoms with Crippen molar-refractivity contribution in [3.8, 4) is 5.69 Å². The SMILES string of the molecule is Cc1cc([C@H]2[C@@H](c3ccccn3)NC(=S)N2c2ccc(F)cc2)c(C)n1-c1ccccc1Br. The minimum Gasteiger partial charge on any atom is -0.351 e. The monoisotopic (exact) mass is 520 g/mol. The van der Waals surface area contributed by atoms with Crippen LogP contribution in [0.2, 0.25) is 0 Å². The van der Waals surface area contributed by atoms with E-state index in [1.165, 1.54) is 12.1 Å². The predicted octanol–water partition coefficient (Wildman–Crippen LogP) is 6.57. The van der Waals surface area contributed by atoms with Crippen molar-refractivity contribution in [2.45, 2.75) is 25.9 Å². The molecule has 0 unspecified atom stereocenters. The van der Waals surface area contributed by atoms with E-state index in [1.54, 1.807) is 18.3 Å². The standard InChI is InChI=1S/C26H22BrFN4S/c1-16-15-20(17(2)31(16)23-9-4-3-7-21(23)27)25-24(22-8-5-6-14-29-22)30-26(33)32(25)19-12-10-18(28)11-13-19/h3-15,24-25H,1-2H3,(H,30,33)/t24-,25+/m1/s1. The Kier molecular flexibility index (Phi) is 5.76. The number of benzene rings is 2. The first-order chi connectivity index (χ1) is 16.0. The van der Waals surface area contributed by atoms with E-state index in [-0.39, 0.29) is 17.9 Å². The van der Waals surface area contributed by atoms with Crippen molar-refractivity contribution >= 4 is 38.9 Å². The molecule has 0 spiro atoms.